The SMILES string of the molecule is CCCN(C(=O)[C@H]1CCN[C@@H](C)C1)C1CCN(C(=O)c2ccccc2)CC1. The molecule has 2 amide bonds. The van der Waals surface area contributed by atoms with Crippen LogP contribution in [0.5, 0.6) is 0 Å². The second-order valence-corrected chi connectivity index (χ2v) is 8.00. The van der Waals surface area contributed by atoms with Crippen molar-refractivity contribution in [3.05, 3.63) is 35.9 Å². The molecule has 0 spiro atoms. The zero-order valence-electron chi connectivity index (χ0n) is 16.7. The van der Waals surface area contributed by atoms with Crippen molar-refractivity contribution in [3.63, 3.8) is 0 Å². The molecule has 3 rings (SSSR count). The highest BCUT2D eigenvalue weighted by Gasteiger charge is 2.34. The molecule has 0 unspecified atom stereocenters. The van der Waals surface area contributed by atoms with Crippen molar-refractivity contribution in [3.8, 4) is 0 Å². The number of nitrogens with one attached hydrogen (secondary N) is 1. The van der Waals surface area contributed by atoms with Crippen molar-refractivity contribution in [2.24, 2.45) is 5.92 Å². The third kappa shape index (κ3) is 4.89. The minimum Gasteiger partial charge on any atom is -0.339 e. The van der Waals surface area contributed by atoms with E-state index in [4.69, 9.17) is 0 Å². The van der Waals surface area contributed by atoms with Crippen molar-refractivity contribution in [1.29, 1.82) is 0 Å². The summed E-state index contributed by atoms with van der Waals surface area (Å²) in [6, 6.07) is 10.2. The molecule has 0 aromatic heterocycles. The van der Waals surface area contributed by atoms with Gasteiger partial charge in [0.2, 0.25) is 5.91 Å². The maximum Gasteiger partial charge on any atom is 0.253 e. The number of rotatable bonds is 5. The smallest absolute Gasteiger partial charge is 0.253 e. The number of amides is 2. The average Bonchev–Trinajstić information content (AvgIpc) is 2.72. The number of likely N-dealkylation sites (tertiary alicyclic amines) is 1. The van der Waals surface area contributed by atoms with Gasteiger partial charge in [-0.25, -0.2) is 0 Å². The third-order valence-corrected chi connectivity index (χ3v) is 5.93. The maximum absolute atomic E-state index is 13.2. The van der Waals surface area contributed by atoms with Crippen LogP contribution in [0.25, 0.3) is 0 Å². The number of carbonyl (C=O) groups excluding carboxylic acids is 2. The Bertz CT molecular complexity index is 626. The molecule has 2 aliphatic rings. The highest BCUT2D eigenvalue weighted by molar-refractivity contribution is 5.94. The van der Waals surface area contributed by atoms with E-state index in [-0.39, 0.29) is 17.9 Å². The number of hydrogen-bond donors (Lipinski definition) is 1. The second-order valence-electron chi connectivity index (χ2n) is 8.00. The molecule has 0 radical (unpaired) electrons. The molecule has 27 heavy (non-hydrogen) atoms. The van der Waals surface area contributed by atoms with Crippen LogP contribution in [-0.4, -0.2) is 59.9 Å². The molecule has 2 atom stereocenters. The molecule has 5 nitrogen and oxygen atoms in total. The van der Waals surface area contributed by atoms with Crippen LogP contribution in [0.1, 0.15) is 56.3 Å². The first kappa shape index (κ1) is 19.9. The molecule has 0 saturated carbocycles. The van der Waals surface area contributed by atoms with E-state index in [2.05, 4.69) is 24.1 Å². The summed E-state index contributed by atoms with van der Waals surface area (Å²) in [5, 5.41) is 3.44. The zero-order valence-corrected chi connectivity index (χ0v) is 16.7. The van der Waals surface area contributed by atoms with E-state index in [1.807, 2.05) is 35.2 Å². The predicted octanol–water partition coefficient (Wildman–Crippen LogP) is 2.92. The minimum absolute atomic E-state index is 0.106. The lowest BCUT2D eigenvalue weighted by molar-refractivity contribution is -0.140. The molecular weight excluding hydrogens is 338 g/mol. The number of hydrogen-bond acceptors (Lipinski definition) is 3. The lowest BCUT2D eigenvalue weighted by Gasteiger charge is -2.41. The first-order valence-corrected chi connectivity index (χ1v) is 10.5. The second kappa shape index (κ2) is 9.36. The quantitative estimate of drug-likeness (QED) is 0.866. The van der Waals surface area contributed by atoms with Crippen LogP contribution in [0.4, 0.5) is 0 Å². The van der Waals surface area contributed by atoms with Gasteiger partial charge in [0, 0.05) is 43.2 Å². The van der Waals surface area contributed by atoms with E-state index >= 15 is 0 Å². The summed E-state index contributed by atoms with van der Waals surface area (Å²) in [6.07, 6.45) is 4.62. The van der Waals surface area contributed by atoms with Crippen LogP contribution in [0.15, 0.2) is 30.3 Å². The van der Waals surface area contributed by atoms with Crippen LogP contribution in [0.3, 0.4) is 0 Å². The Hall–Kier alpha value is -1.88. The molecule has 1 aromatic carbocycles. The summed E-state index contributed by atoms with van der Waals surface area (Å²) >= 11 is 0. The van der Waals surface area contributed by atoms with Gasteiger partial charge in [-0.15, -0.1) is 0 Å². The predicted molar refractivity (Wildman–Crippen MR) is 108 cm³/mol. The lowest BCUT2D eigenvalue weighted by Crippen LogP contribution is -2.52. The Balaban J connectivity index is 1.60. The molecular formula is C22H33N3O2. The van der Waals surface area contributed by atoms with E-state index < -0.39 is 0 Å². The summed E-state index contributed by atoms with van der Waals surface area (Å²) in [6.45, 7) is 7.52. The van der Waals surface area contributed by atoms with Gasteiger partial charge in [0.15, 0.2) is 0 Å². The number of carbonyl (C=O) groups is 2. The van der Waals surface area contributed by atoms with Gasteiger partial charge in [0.05, 0.1) is 0 Å². The molecule has 1 aromatic rings. The average molecular weight is 372 g/mol. The molecule has 2 aliphatic heterocycles. The zero-order chi connectivity index (χ0) is 19.2. The monoisotopic (exact) mass is 371 g/mol. The van der Waals surface area contributed by atoms with Gasteiger partial charge in [-0.3, -0.25) is 9.59 Å². The van der Waals surface area contributed by atoms with E-state index in [1.54, 1.807) is 0 Å². The Kier molecular flexibility index (Phi) is 6.89. The van der Waals surface area contributed by atoms with Crippen molar-refractivity contribution in [2.75, 3.05) is 26.2 Å². The van der Waals surface area contributed by atoms with Crippen LogP contribution in [-0.2, 0) is 4.79 Å². The maximum atomic E-state index is 13.2. The number of benzene rings is 1. The summed E-state index contributed by atoms with van der Waals surface area (Å²) in [5.41, 5.74) is 0.751. The van der Waals surface area contributed by atoms with Gasteiger partial charge in [-0.2, -0.15) is 0 Å². The van der Waals surface area contributed by atoms with Crippen molar-refractivity contribution in [2.45, 2.75) is 58.0 Å². The first-order valence-electron chi connectivity index (χ1n) is 10.5. The van der Waals surface area contributed by atoms with E-state index in [9.17, 15) is 9.59 Å². The standard InChI is InChI=1S/C22H33N3O2/c1-3-13-25(22(27)19-9-12-23-17(2)16-19)20-10-14-24(15-11-20)21(26)18-7-5-4-6-8-18/h4-8,17,19-20,23H,3,9-16H2,1-2H3/t17-,19-/m0/s1. The largest absolute Gasteiger partial charge is 0.339 e. The van der Waals surface area contributed by atoms with Gasteiger partial charge in [0.1, 0.15) is 0 Å². The van der Waals surface area contributed by atoms with Gasteiger partial charge >= 0.3 is 0 Å². The molecule has 2 saturated heterocycles. The van der Waals surface area contributed by atoms with E-state index in [0.29, 0.717) is 11.9 Å². The Morgan fingerprint density at radius 1 is 1.15 bits per heavy atom. The summed E-state index contributed by atoms with van der Waals surface area (Å²) in [7, 11) is 0. The van der Waals surface area contributed by atoms with Gasteiger partial charge < -0.3 is 15.1 Å². The topological polar surface area (TPSA) is 52.7 Å². The van der Waals surface area contributed by atoms with Gasteiger partial charge in [-0.1, -0.05) is 25.1 Å². The van der Waals surface area contributed by atoms with Crippen molar-refractivity contribution >= 4 is 11.8 Å². The number of piperidine rings is 2. The Morgan fingerprint density at radius 2 is 1.85 bits per heavy atom. The fraction of sp³-hybridized carbons (Fsp3) is 0.636. The van der Waals surface area contributed by atoms with Crippen LogP contribution in [0.2, 0.25) is 0 Å². The minimum atomic E-state index is 0.106. The molecule has 2 heterocycles. The van der Waals surface area contributed by atoms with Crippen molar-refractivity contribution < 1.29 is 9.59 Å². The fourth-order valence-electron chi connectivity index (χ4n) is 4.45. The molecule has 1 N–H and O–H groups in total. The Labute approximate surface area is 163 Å². The summed E-state index contributed by atoms with van der Waals surface area (Å²) in [5.74, 6) is 0.587. The van der Waals surface area contributed by atoms with Crippen molar-refractivity contribution in [1.82, 2.24) is 15.1 Å². The highest BCUT2D eigenvalue weighted by Crippen LogP contribution is 2.24. The molecule has 0 bridgehead atoms. The fourth-order valence-corrected chi connectivity index (χ4v) is 4.45. The third-order valence-electron chi connectivity index (χ3n) is 5.93. The summed E-state index contributed by atoms with van der Waals surface area (Å²) < 4.78 is 0. The van der Waals surface area contributed by atoms with Crippen LogP contribution < -0.4 is 5.32 Å². The van der Waals surface area contributed by atoms with E-state index in [1.165, 1.54) is 0 Å². The Morgan fingerprint density at radius 3 is 2.48 bits per heavy atom. The summed E-state index contributed by atoms with van der Waals surface area (Å²) in [4.78, 5) is 29.9. The van der Waals surface area contributed by atoms with Gasteiger partial charge in [-0.05, 0) is 57.7 Å². The molecule has 5 heteroatoms. The molecule has 2 fully saturated rings. The number of nitrogens with zero attached hydrogens (tertiary/aromatic N) is 2. The van der Waals surface area contributed by atoms with Crippen LogP contribution >= 0.6 is 0 Å². The molecule has 148 valence electrons. The van der Waals surface area contributed by atoms with Gasteiger partial charge in [0.25, 0.3) is 5.91 Å². The normalized spacial score (nSPS) is 23.9. The first-order chi connectivity index (χ1) is 13.1. The van der Waals surface area contributed by atoms with Crippen LogP contribution in [0, 0.1) is 5.92 Å². The highest BCUT2D eigenvalue weighted by atomic mass is 16.2. The molecule has 0 aliphatic carbocycles. The lowest BCUT2D eigenvalue weighted by atomic mass is 9.90. The van der Waals surface area contributed by atoms with E-state index in [0.717, 1.165) is 63.8 Å².